The summed E-state index contributed by atoms with van der Waals surface area (Å²) < 4.78 is 5.20. The lowest BCUT2D eigenvalue weighted by Crippen LogP contribution is -2.09. The molecule has 0 aliphatic rings. The highest BCUT2D eigenvalue weighted by atomic mass is 16.5. The molecule has 0 atom stereocenters. The molecule has 0 aliphatic carbocycles. The number of esters is 1. The van der Waals surface area contributed by atoms with Gasteiger partial charge in [-0.3, -0.25) is 0 Å². The zero-order valence-electron chi connectivity index (χ0n) is 10.2. The fourth-order valence-corrected chi connectivity index (χ4v) is 1.58. The minimum atomic E-state index is -0.494. The van der Waals surface area contributed by atoms with Gasteiger partial charge in [0.05, 0.1) is 11.1 Å². The predicted octanol–water partition coefficient (Wildman–Crippen LogP) is 2.24. The van der Waals surface area contributed by atoms with E-state index in [0.717, 1.165) is 5.56 Å². The van der Waals surface area contributed by atoms with Crippen LogP contribution in [-0.2, 0) is 6.54 Å². The fraction of sp³-hybridized carbons (Fsp3) is 0.0667. The van der Waals surface area contributed by atoms with Gasteiger partial charge < -0.3 is 10.5 Å². The standard InChI is InChI=1S/C15H12N2O2/c16-9-11-5-7-12(8-6-11)15(18)19-14-4-2-1-3-13(14)10-17/h1-8H,9,16H2. The summed E-state index contributed by atoms with van der Waals surface area (Å²) in [5, 5.41) is 8.92. The van der Waals surface area contributed by atoms with Crippen molar-refractivity contribution in [2.45, 2.75) is 6.54 Å². The second kappa shape index (κ2) is 5.80. The van der Waals surface area contributed by atoms with E-state index in [4.69, 9.17) is 15.7 Å². The first kappa shape index (κ1) is 12.8. The number of rotatable bonds is 3. The first-order valence-electron chi connectivity index (χ1n) is 5.75. The number of nitrogens with zero attached hydrogens (tertiary/aromatic N) is 1. The molecule has 2 aromatic rings. The van der Waals surface area contributed by atoms with Gasteiger partial charge in [-0.25, -0.2) is 4.79 Å². The molecule has 2 N–H and O–H groups in total. The molecule has 0 spiro atoms. The Hall–Kier alpha value is -2.64. The van der Waals surface area contributed by atoms with Crippen molar-refractivity contribution in [1.82, 2.24) is 0 Å². The van der Waals surface area contributed by atoms with Gasteiger partial charge in [0.1, 0.15) is 11.8 Å². The molecule has 19 heavy (non-hydrogen) atoms. The summed E-state index contributed by atoms with van der Waals surface area (Å²) in [6.45, 7) is 0.423. The van der Waals surface area contributed by atoms with Crippen LogP contribution in [0.2, 0.25) is 0 Å². The van der Waals surface area contributed by atoms with E-state index >= 15 is 0 Å². The molecule has 0 saturated carbocycles. The van der Waals surface area contributed by atoms with Gasteiger partial charge in [0, 0.05) is 6.54 Å². The maximum absolute atomic E-state index is 11.9. The number of carbonyl (C=O) groups excluding carboxylic acids is 1. The minimum Gasteiger partial charge on any atom is -0.422 e. The smallest absolute Gasteiger partial charge is 0.343 e. The van der Waals surface area contributed by atoms with E-state index < -0.39 is 5.97 Å². The highest BCUT2D eigenvalue weighted by Gasteiger charge is 2.10. The third-order valence-electron chi connectivity index (χ3n) is 2.64. The van der Waals surface area contributed by atoms with Crippen LogP contribution >= 0.6 is 0 Å². The highest BCUT2D eigenvalue weighted by Crippen LogP contribution is 2.18. The van der Waals surface area contributed by atoms with Crippen LogP contribution in [0.25, 0.3) is 0 Å². The van der Waals surface area contributed by atoms with Gasteiger partial charge in [-0.05, 0) is 29.8 Å². The van der Waals surface area contributed by atoms with Gasteiger partial charge >= 0.3 is 5.97 Å². The van der Waals surface area contributed by atoms with Gasteiger partial charge in [-0.1, -0.05) is 24.3 Å². The second-order valence-electron chi connectivity index (χ2n) is 3.90. The molecule has 0 unspecified atom stereocenters. The lowest BCUT2D eigenvalue weighted by atomic mass is 10.1. The Morgan fingerprint density at radius 3 is 2.47 bits per heavy atom. The van der Waals surface area contributed by atoms with Crippen LogP contribution in [-0.4, -0.2) is 5.97 Å². The number of ether oxygens (including phenoxy) is 1. The molecule has 4 heteroatoms. The van der Waals surface area contributed by atoms with Crippen molar-refractivity contribution < 1.29 is 9.53 Å². The maximum atomic E-state index is 11.9. The van der Waals surface area contributed by atoms with E-state index in [0.29, 0.717) is 17.7 Å². The average Bonchev–Trinajstić information content (AvgIpc) is 2.48. The summed E-state index contributed by atoms with van der Waals surface area (Å²) in [7, 11) is 0. The van der Waals surface area contributed by atoms with E-state index in [1.54, 1.807) is 48.5 Å². The highest BCUT2D eigenvalue weighted by molar-refractivity contribution is 5.91. The Labute approximate surface area is 111 Å². The normalized spacial score (nSPS) is 9.68. The number of carbonyl (C=O) groups is 1. The average molecular weight is 252 g/mol. The van der Waals surface area contributed by atoms with E-state index in [1.807, 2.05) is 6.07 Å². The van der Waals surface area contributed by atoms with Crippen LogP contribution in [0.4, 0.5) is 0 Å². The van der Waals surface area contributed by atoms with Crippen molar-refractivity contribution in [2.75, 3.05) is 0 Å². The predicted molar refractivity (Wildman–Crippen MR) is 70.4 cm³/mol. The Balaban J connectivity index is 2.18. The molecule has 0 aromatic heterocycles. The quantitative estimate of drug-likeness (QED) is 0.671. The van der Waals surface area contributed by atoms with Gasteiger partial charge in [0.25, 0.3) is 0 Å². The monoisotopic (exact) mass is 252 g/mol. The first-order valence-corrected chi connectivity index (χ1v) is 5.75. The molecule has 0 heterocycles. The molecule has 0 radical (unpaired) electrons. The third kappa shape index (κ3) is 2.97. The van der Waals surface area contributed by atoms with E-state index in [9.17, 15) is 4.79 Å². The number of nitrogens with two attached hydrogens (primary N) is 1. The van der Waals surface area contributed by atoms with E-state index in [2.05, 4.69) is 0 Å². The van der Waals surface area contributed by atoms with Crippen LogP contribution in [0.15, 0.2) is 48.5 Å². The second-order valence-corrected chi connectivity index (χ2v) is 3.90. The van der Waals surface area contributed by atoms with Crippen molar-refractivity contribution >= 4 is 5.97 Å². The Bertz CT molecular complexity index is 627. The molecule has 0 bridgehead atoms. The topological polar surface area (TPSA) is 76.1 Å². The van der Waals surface area contributed by atoms with Crippen molar-refractivity contribution in [1.29, 1.82) is 5.26 Å². The Morgan fingerprint density at radius 2 is 1.84 bits per heavy atom. The van der Waals surface area contributed by atoms with Crippen LogP contribution in [0, 0.1) is 11.3 Å². The van der Waals surface area contributed by atoms with Gasteiger partial charge in [-0.15, -0.1) is 0 Å². The number of nitriles is 1. The number of hydrogen-bond donors (Lipinski definition) is 1. The van der Waals surface area contributed by atoms with Crippen molar-refractivity contribution in [3.8, 4) is 11.8 Å². The van der Waals surface area contributed by atoms with Gasteiger partial charge in [0.2, 0.25) is 0 Å². The lowest BCUT2D eigenvalue weighted by molar-refractivity contribution is 0.0734. The van der Waals surface area contributed by atoms with Crippen molar-refractivity contribution in [3.05, 3.63) is 65.2 Å². The Morgan fingerprint density at radius 1 is 1.16 bits per heavy atom. The third-order valence-corrected chi connectivity index (χ3v) is 2.64. The van der Waals surface area contributed by atoms with Crippen LogP contribution in [0.5, 0.6) is 5.75 Å². The van der Waals surface area contributed by atoms with E-state index in [-0.39, 0.29) is 5.75 Å². The van der Waals surface area contributed by atoms with Crippen LogP contribution in [0.1, 0.15) is 21.5 Å². The Kier molecular flexibility index (Phi) is 3.91. The molecular formula is C15H12N2O2. The molecule has 4 nitrogen and oxygen atoms in total. The molecular weight excluding hydrogens is 240 g/mol. The fourth-order valence-electron chi connectivity index (χ4n) is 1.58. The summed E-state index contributed by atoms with van der Waals surface area (Å²) in [5.41, 5.74) is 7.17. The number of para-hydroxylation sites is 1. The zero-order valence-corrected chi connectivity index (χ0v) is 10.2. The minimum absolute atomic E-state index is 0.262. The SMILES string of the molecule is N#Cc1ccccc1OC(=O)c1ccc(CN)cc1. The molecule has 2 rings (SSSR count). The molecule has 94 valence electrons. The summed E-state index contributed by atoms with van der Waals surface area (Å²) >= 11 is 0. The van der Waals surface area contributed by atoms with E-state index in [1.165, 1.54) is 0 Å². The molecule has 0 saturated heterocycles. The maximum Gasteiger partial charge on any atom is 0.343 e. The van der Waals surface area contributed by atoms with Crippen molar-refractivity contribution in [3.63, 3.8) is 0 Å². The summed E-state index contributed by atoms with van der Waals surface area (Å²) in [5.74, 6) is -0.232. The molecule has 2 aromatic carbocycles. The lowest BCUT2D eigenvalue weighted by Gasteiger charge is -2.06. The van der Waals surface area contributed by atoms with Crippen LogP contribution in [0.3, 0.4) is 0 Å². The zero-order chi connectivity index (χ0) is 13.7. The van der Waals surface area contributed by atoms with Gasteiger partial charge in [0.15, 0.2) is 0 Å². The van der Waals surface area contributed by atoms with Crippen LogP contribution < -0.4 is 10.5 Å². The number of benzene rings is 2. The van der Waals surface area contributed by atoms with Crippen molar-refractivity contribution in [2.24, 2.45) is 5.73 Å². The summed E-state index contributed by atoms with van der Waals surface area (Å²) in [6, 6.07) is 15.4. The van der Waals surface area contributed by atoms with Gasteiger partial charge in [-0.2, -0.15) is 5.26 Å². The molecule has 0 amide bonds. The number of hydrogen-bond acceptors (Lipinski definition) is 4. The largest absolute Gasteiger partial charge is 0.422 e. The summed E-state index contributed by atoms with van der Waals surface area (Å²) in [4.78, 5) is 11.9. The summed E-state index contributed by atoms with van der Waals surface area (Å²) in [6.07, 6.45) is 0. The first-order chi connectivity index (χ1) is 9.24. The molecule has 0 fully saturated rings. The molecule has 0 aliphatic heterocycles.